The number of carbonyl (C=O) groups is 1. The van der Waals surface area contributed by atoms with Crippen molar-refractivity contribution in [2.45, 2.75) is 24.5 Å². The second-order valence-corrected chi connectivity index (χ2v) is 6.94. The van der Waals surface area contributed by atoms with Crippen molar-refractivity contribution in [1.29, 1.82) is 0 Å². The minimum atomic E-state index is 0.00308. The van der Waals surface area contributed by atoms with Crippen LogP contribution in [0.1, 0.15) is 28.7 Å². The molecule has 0 aliphatic rings. The first-order valence-corrected chi connectivity index (χ1v) is 9.43. The SMILES string of the molecule is COc1ccc(C(C)=O)cc1CSc1nnc(COc2ccc(Cl)cc2)o1. The number of ketones is 1. The van der Waals surface area contributed by atoms with Gasteiger partial charge in [-0.15, -0.1) is 10.2 Å². The molecule has 0 atom stereocenters. The van der Waals surface area contributed by atoms with Crippen LogP contribution >= 0.6 is 23.4 Å². The fraction of sp³-hybridized carbons (Fsp3) is 0.211. The van der Waals surface area contributed by atoms with Crippen molar-refractivity contribution in [2.24, 2.45) is 0 Å². The zero-order chi connectivity index (χ0) is 19.2. The average Bonchev–Trinajstić information content (AvgIpc) is 3.13. The Morgan fingerprint density at radius 1 is 1.19 bits per heavy atom. The number of nitrogens with zero attached hydrogens (tertiary/aromatic N) is 2. The summed E-state index contributed by atoms with van der Waals surface area (Å²) in [5.74, 6) is 2.28. The Hall–Kier alpha value is -2.51. The van der Waals surface area contributed by atoms with E-state index in [9.17, 15) is 4.79 Å². The third kappa shape index (κ3) is 5.24. The molecule has 1 heterocycles. The number of ether oxygens (including phenoxy) is 2. The molecule has 0 N–H and O–H groups in total. The predicted octanol–water partition coefficient (Wildman–Crippen LogP) is 4.81. The maximum atomic E-state index is 11.6. The number of thioether (sulfide) groups is 1. The zero-order valence-corrected chi connectivity index (χ0v) is 16.3. The van der Waals surface area contributed by atoms with Gasteiger partial charge in [0.15, 0.2) is 12.4 Å². The lowest BCUT2D eigenvalue weighted by Crippen LogP contribution is -1.97. The molecule has 0 saturated heterocycles. The third-order valence-electron chi connectivity index (χ3n) is 3.66. The van der Waals surface area contributed by atoms with Crippen molar-refractivity contribution in [3.63, 3.8) is 0 Å². The second-order valence-electron chi connectivity index (χ2n) is 5.58. The number of aromatic nitrogens is 2. The topological polar surface area (TPSA) is 74.5 Å². The molecular formula is C19H17ClN2O4S. The number of hydrogen-bond donors (Lipinski definition) is 0. The Morgan fingerprint density at radius 3 is 2.67 bits per heavy atom. The fourth-order valence-electron chi connectivity index (χ4n) is 2.28. The van der Waals surface area contributed by atoms with Crippen LogP contribution < -0.4 is 9.47 Å². The van der Waals surface area contributed by atoms with Crippen LogP contribution in [0.4, 0.5) is 0 Å². The Labute approximate surface area is 165 Å². The number of carbonyl (C=O) groups excluding carboxylic acids is 1. The number of Topliss-reactive ketones (excluding diaryl/α,β-unsaturated/α-hetero) is 1. The summed E-state index contributed by atoms with van der Waals surface area (Å²) in [5, 5.41) is 9.04. The molecule has 6 nitrogen and oxygen atoms in total. The van der Waals surface area contributed by atoms with E-state index >= 15 is 0 Å². The van der Waals surface area contributed by atoms with Gasteiger partial charge in [0.05, 0.1) is 7.11 Å². The Bertz CT molecular complexity index is 928. The molecule has 8 heteroatoms. The van der Waals surface area contributed by atoms with E-state index in [4.69, 9.17) is 25.5 Å². The van der Waals surface area contributed by atoms with Crippen LogP contribution in [0.2, 0.25) is 5.02 Å². The Kier molecular flexibility index (Phi) is 6.36. The average molecular weight is 405 g/mol. The molecule has 0 spiro atoms. The first-order valence-electron chi connectivity index (χ1n) is 8.06. The lowest BCUT2D eigenvalue weighted by Gasteiger charge is -2.08. The second kappa shape index (κ2) is 8.92. The van der Waals surface area contributed by atoms with Crippen molar-refractivity contribution < 1.29 is 18.7 Å². The van der Waals surface area contributed by atoms with E-state index in [0.717, 1.165) is 5.56 Å². The van der Waals surface area contributed by atoms with Crippen LogP contribution in [0.25, 0.3) is 0 Å². The minimum absolute atomic E-state index is 0.00308. The molecule has 0 fully saturated rings. The van der Waals surface area contributed by atoms with Gasteiger partial charge in [-0.1, -0.05) is 23.4 Å². The molecule has 0 aliphatic heterocycles. The smallest absolute Gasteiger partial charge is 0.277 e. The summed E-state index contributed by atoms with van der Waals surface area (Å²) >= 11 is 7.20. The van der Waals surface area contributed by atoms with E-state index in [-0.39, 0.29) is 12.4 Å². The van der Waals surface area contributed by atoms with Crippen LogP contribution in [-0.2, 0) is 12.4 Å². The highest BCUT2D eigenvalue weighted by molar-refractivity contribution is 7.98. The van der Waals surface area contributed by atoms with Crippen LogP contribution in [0.15, 0.2) is 52.1 Å². The first-order chi connectivity index (χ1) is 13.0. The largest absolute Gasteiger partial charge is 0.496 e. The summed E-state index contributed by atoms with van der Waals surface area (Å²) in [7, 11) is 1.59. The van der Waals surface area contributed by atoms with Gasteiger partial charge in [-0.3, -0.25) is 4.79 Å². The standard InChI is InChI=1S/C19H17ClN2O4S/c1-12(23)13-3-8-17(24-2)14(9-13)11-27-19-22-21-18(26-19)10-25-16-6-4-15(20)5-7-16/h3-9H,10-11H2,1-2H3. The van der Waals surface area contributed by atoms with E-state index in [0.29, 0.717) is 39.0 Å². The number of methoxy groups -OCH3 is 1. The van der Waals surface area contributed by atoms with Gasteiger partial charge in [0.25, 0.3) is 11.1 Å². The van der Waals surface area contributed by atoms with Gasteiger partial charge in [0.2, 0.25) is 0 Å². The summed E-state index contributed by atoms with van der Waals surface area (Å²) in [5.41, 5.74) is 1.52. The highest BCUT2D eigenvalue weighted by Crippen LogP contribution is 2.28. The van der Waals surface area contributed by atoms with E-state index in [2.05, 4.69) is 10.2 Å². The van der Waals surface area contributed by atoms with Crippen LogP contribution in [0, 0.1) is 0 Å². The lowest BCUT2D eigenvalue weighted by atomic mass is 10.1. The summed E-state index contributed by atoms with van der Waals surface area (Å²) in [6, 6.07) is 12.4. The third-order valence-corrected chi connectivity index (χ3v) is 4.78. The van der Waals surface area contributed by atoms with E-state index in [1.807, 2.05) is 6.07 Å². The Balaban J connectivity index is 1.60. The Morgan fingerprint density at radius 2 is 1.96 bits per heavy atom. The van der Waals surface area contributed by atoms with E-state index in [1.165, 1.54) is 18.7 Å². The summed E-state index contributed by atoms with van der Waals surface area (Å²) in [4.78, 5) is 11.6. The van der Waals surface area contributed by atoms with Gasteiger partial charge in [0.1, 0.15) is 11.5 Å². The van der Waals surface area contributed by atoms with Gasteiger partial charge in [-0.25, -0.2) is 0 Å². The van der Waals surface area contributed by atoms with Crippen molar-refractivity contribution in [1.82, 2.24) is 10.2 Å². The van der Waals surface area contributed by atoms with Crippen LogP contribution in [0.3, 0.4) is 0 Å². The molecule has 0 unspecified atom stereocenters. The normalized spacial score (nSPS) is 10.6. The maximum absolute atomic E-state index is 11.6. The maximum Gasteiger partial charge on any atom is 0.277 e. The molecule has 140 valence electrons. The van der Waals surface area contributed by atoms with Crippen molar-refractivity contribution in [3.05, 3.63) is 64.5 Å². The lowest BCUT2D eigenvalue weighted by molar-refractivity contribution is 0.101. The van der Waals surface area contributed by atoms with Gasteiger partial charge < -0.3 is 13.9 Å². The molecule has 0 aliphatic carbocycles. The van der Waals surface area contributed by atoms with Crippen molar-refractivity contribution >= 4 is 29.1 Å². The van der Waals surface area contributed by atoms with Gasteiger partial charge in [-0.05, 0) is 49.4 Å². The van der Waals surface area contributed by atoms with Gasteiger partial charge in [0, 0.05) is 21.9 Å². The highest BCUT2D eigenvalue weighted by atomic mass is 35.5. The molecule has 3 aromatic rings. The van der Waals surface area contributed by atoms with Crippen LogP contribution in [-0.4, -0.2) is 23.1 Å². The molecule has 2 aromatic carbocycles. The van der Waals surface area contributed by atoms with Gasteiger partial charge in [-0.2, -0.15) is 0 Å². The van der Waals surface area contributed by atoms with Gasteiger partial charge >= 0.3 is 0 Å². The number of rotatable bonds is 8. The number of benzene rings is 2. The zero-order valence-electron chi connectivity index (χ0n) is 14.8. The highest BCUT2D eigenvalue weighted by Gasteiger charge is 2.12. The minimum Gasteiger partial charge on any atom is -0.496 e. The van der Waals surface area contributed by atoms with E-state index in [1.54, 1.807) is 43.5 Å². The predicted molar refractivity (Wildman–Crippen MR) is 103 cm³/mol. The molecule has 0 radical (unpaired) electrons. The number of halogens is 1. The molecule has 3 rings (SSSR count). The fourth-order valence-corrected chi connectivity index (χ4v) is 3.16. The molecule has 0 saturated carbocycles. The summed E-state index contributed by atoms with van der Waals surface area (Å²) in [6.07, 6.45) is 0. The molecule has 27 heavy (non-hydrogen) atoms. The molecule has 0 amide bonds. The summed E-state index contributed by atoms with van der Waals surface area (Å²) < 4.78 is 16.5. The van der Waals surface area contributed by atoms with Crippen molar-refractivity contribution in [3.8, 4) is 11.5 Å². The monoisotopic (exact) mass is 404 g/mol. The molecule has 0 bridgehead atoms. The van der Waals surface area contributed by atoms with Crippen molar-refractivity contribution in [2.75, 3.05) is 7.11 Å². The number of hydrogen-bond acceptors (Lipinski definition) is 7. The summed E-state index contributed by atoms with van der Waals surface area (Å²) in [6.45, 7) is 1.70. The first kappa shape index (κ1) is 19.3. The molecule has 1 aromatic heterocycles. The quantitative estimate of drug-likeness (QED) is 0.394. The molecular weight excluding hydrogens is 388 g/mol. The van der Waals surface area contributed by atoms with E-state index < -0.39 is 0 Å². The van der Waals surface area contributed by atoms with Crippen LogP contribution in [0.5, 0.6) is 11.5 Å².